The number of rotatable bonds is 6. The molecule has 0 aromatic heterocycles. The molecular weight excluding hydrogens is 396 g/mol. The maximum atomic E-state index is 12.5. The van der Waals surface area contributed by atoms with Crippen LogP contribution < -0.4 is 0 Å². The number of esters is 1. The molecule has 0 amide bonds. The lowest BCUT2D eigenvalue weighted by Gasteiger charge is -2.25. The summed E-state index contributed by atoms with van der Waals surface area (Å²) >= 11 is 0. The Morgan fingerprint density at radius 2 is 1.94 bits per heavy atom. The van der Waals surface area contributed by atoms with Crippen molar-refractivity contribution in [1.29, 1.82) is 0 Å². The third-order valence-corrected chi connectivity index (χ3v) is 5.62. The lowest BCUT2D eigenvalue weighted by molar-refractivity contribution is -0.157. The van der Waals surface area contributed by atoms with E-state index in [0.29, 0.717) is 19.3 Å². The summed E-state index contributed by atoms with van der Waals surface area (Å²) in [5.74, 6) is -0.179. The third-order valence-electron chi connectivity index (χ3n) is 5.62. The Kier molecular flexibility index (Phi) is 10.7. The molecule has 2 aliphatic heterocycles. The molecule has 0 aromatic rings. The van der Waals surface area contributed by atoms with Gasteiger partial charge in [-0.05, 0) is 38.0 Å². The van der Waals surface area contributed by atoms with E-state index in [2.05, 4.69) is 18.2 Å². The van der Waals surface area contributed by atoms with Gasteiger partial charge < -0.3 is 24.8 Å². The molecule has 6 nitrogen and oxygen atoms in total. The molecule has 0 saturated carbocycles. The van der Waals surface area contributed by atoms with Crippen molar-refractivity contribution in [2.45, 2.75) is 89.5 Å². The number of hydrogen-bond donors (Lipinski definition) is 3. The van der Waals surface area contributed by atoms with Crippen LogP contribution in [-0.2, 0) is 14.3 Å². The number of carbonyl (C=O) groups excluding carboxylic acids is 1. The molecular formula is C25H38O6. The van der Waals surface area contributed by atoms with Crippen molar-refractivity contribution in [2.75, 3.05) is 0 Å². The first-order chi connectivity index (χ1) is 14.8. The van der Waals surface area contributed by atoms with Crippen LogP contribution in [0.15, 0.2) is 48.6 Å². The van der Waals surface area contributed by atoms with Crippen LogP contribution in [0.5, 0.6) is 0 Å². The second kappa shape index (κ2) is 13.0. The van der Waals surface area contributed by atoms with E-state index in [-0.39, 0.29) is 36.4 Å². The SMILES string of the molecule is C/C=C/C/C=C/[C@H](C)C[C@H](O)[C@H]1C[C@@H]2O[C@H]2/C=C/[C@@H](O)[C@@H](O)/C=C/C[C@H](C)CC(=O)O1. The lowest BCUT2D eigenvalue weighted by Crippen LogP contribution is -2.34. The standard InChI is InChI=1S/C25H38O6/c1-4-5-6-7-9-17(2)14-21(28)23-16-24-22(30-24)13-12-20(27)19(26)11-8-10-18(3)15-25(29)31-23/h4-5,7-9,11-13,17-24,26-28H,6,10,14-16H2,1-3H3/b5-4+,9-7+,11-8+,13-12+/t17-,18-,19-,20+,21-,22-,23+,24-/m0/s1. The summed E-state index contributed by atoms with van der Waals surface area (Å²) < 4.78 is 11.3. The zero-order valence-corrected chi connectivity index (χ0v) is 18.8. The van der Waals surface area contributed by atoms with Crippen LogP contribution in [0, 0.1) is 11.8 Å². The van der Waals surface area contributed by atoms with Gasteiger partial charge in [-0.25, -0.2) is 0 Å². The van der Waals surface area contributed by atoms with Crippen LogP contribution in [0.2, 0.25) is 0 Å². The topological polar surface area (TPSA) is 99.5 Å². The van der Waals surface area contributed by atoms with Crippen molar-refractivity contribution < 1.29 is 29.6 Å². The van der Waals surface area contributed by atoms with Gasteiger partial charge in [0.2, 0.25) is 0 Å². The van der Waals surface area contributed by atoms with Gasteiger partial charge >= 0.3 is 5.97 Å². The highest BCUT2D eigenvalue weighted by Crippen LogP contribution is 2.31. The highest BCUT2D eigenvalue weighted by Gasteiger charge is 2.41. The number of ether oxygens (including phenoxy) is 2. The van der Waals surface area contributed by atoms with Crippen LogP contribution >= 0.6 is 0 Å². The van der Waals surface area contributed by atoms with Crippen molar-refractivity contribution >= 4 is 5.97 Å². The molecule has 0 aliphatic carbocycles. The minimum atomic E-state index is -1.02. The van der Waals surface area contributed by atoms with Crippen LogP contribution in [0.4, 0.5) is 0 Å². The van der Waals surface area contributed by atoms with Gasteiger partial charge in [0.05, 0.1) is 12.2 Å². The van der Waals surface area contributed by atoms with Crippen molar-refractivity contribution in [1.82, 2.24) is 0 Å². The average Bonchev–Trinajstić information content (AvgIpc) is 3.45. The Morgan fingerprint density at radius 3 is 2.68 bits per heavy atom. The quantitative estimate of drug-likeness (QED) is 0.337. The molecule has 1 saturated heterocycles. The minimum Gasteiger partial charge on any atom is -0.459 e. The zero-order chi connectivity index (χ0) is 22.8. The molecule has 0 radical (unpaired) electrons. The second-order valence-corrected chi connectivity index (χ2v) is 8.76. The summed E-state index contributed by atoms with van der Waals surface area (Å²) in [5, 5.41) is 30.9. The first-order valence-corrected chi connectivity index (χ1v) is 11.3. The molecule has 0 spiro atoms. The van der Waals surface area contributed by atoms with E-state index in [1.54, 1.807) is 18.2 Å². The molecule has 0 bridgehead atoms. The molecule has 174 valence electrons. The first kappa shape index (κ1) is 25.5. The monoisotopic (exact) mass is 434 g/mol. The van der Waals surface area contributed by atoms with E-state index in [0.717, 1.165) is 6.42 Å². The maximum absolute atomic E-state index is 12.5. The van der Waals surface area contributed by atoms with Gasteiger partial charge in [-0.2, -0.15) is 0 Å². The van der Waals surface area contributed by atoms with Crippen LogP contribution in [0.1, 0.15) is 52.9 Å². The molecule has 2 rings (SSSR count). The molecule has 0 unspecified atom stereocenters. The number of cyclic esters (lactones) is 1. The number of allylic oxidation sites excluding steroid dienone is 5. The Bertz CT molecular complexity index is 667. The number of fused-ring (bicyclic) bond motifs is 1. The molecule has 2 heterocycles. The van der Waals surface area contributed by atoms with E-state index >= 15 is 0 Å². The summed E-state index contributed by atoms with van der Waals surface area (Å²) in [7, 11) is 0. The zero-order valence-electron chi connectivity index (χ0n) is 18.8. The van der Waals surface area contributed by atoms with Crippen molar-refractivity contribution in [2.24, 2.45) is 11.8 Å². The Hall–Kier alpha value is -1.73. The molecule has 6 heteroatoms. The summed E-state index contributed by atoms with van der Waals surface area (Å²) in [6, 6.07) is 0. The normalized spacial score (nSPS) is 36.8. The summed E-state index contributed by atoms with van der Waals surface area (Å²) in [5.41, 5.74) is 0. The minimum absolute atomic E-state index is 0.0185. The van der Waals surface area contributed by atoms with Gasteiger partial charge in [0.25, 0.3) is 0 Å². The van der Waals surface area contributed by atoms with Crippen molar-refractivity contribution in [3.8, 4) is 0 Å². The number of aliphatic hydroxyl groups is 3. The van der Waals surface area contributed by atoms with Gasteiger partial charge in [-0.3, -0.25) is 4.79 Å². The summed E-state index contributed by atoms with van der Waals surface area (Å²) in [6.45, 7) is 5.94. The number of carbonyl (C=O) groups is 1. The van der Waals surface area contributed by atoms with Gasteiger partial charge in [0.15, 0.2) is 0 Å². The maximum Gasteiger partial charge on any atom is 0.306 e. The number of epoxide rings is 1. The molecule has 2 aliphatic rings. The van der Waals surface area contributed by atoms with Gasteiger partial charge in [0.1, 0.15) is 24.4 Å². The molecule has 31 heavy (non-hydrogen) atoms. The predicted molar refractivity (Wildman–Crippen MR) is 120 cm³/mol. The Morgan fingerprint density at radius 1 is 1.19 bits per heavy atom. The van der Waals surface area contributed by atoms with Crippen molar-refractivity contribution in [3.05, 3.63) is 48.6 Å². The smallest absolute Gasteiger partial charge is 0.306 e. The fraction of sp³-hybridized carbons (Fsp3) is 0.640. The van der Waals surface area contributed by atoms with Gasteiger partial charge in [0, 0.05) is 12.8 Å². The Balaban J connectivity index is 2.04. The van der Waals surface area contributed by atoms with E-state index < -0.39 is 24.4 Å². The van der Waals surface area contributed by atoms with Gasteiger partial charge in [-0.1, -0.05) is 62.5 Å². The first-order valence-electron chi connectivity index (χ1n) is 11.3. The van der Waals surface area contributed by atoms with Gasteiger partial charge in [-0.15, -0.1) is 0 Å². The number of aliphatic hydroxyl groups excluding tert-OH is 3. The van der Waals surface area contributed by atoms with E-state index in [1.165, 1.54) is 6.08 Å². The Labute approximate surface area is 185 Å². The summed E-state index contributed by atoms with van der Waals surface area (Å²) in [6.07, 6.45) is 13.4. The van der Waals surface area contributed by atoms with Crippen molar-refractivity contribution in [3.63, 3.8) is 0 Å². The van der Waals surface area contributed by atoms with Crippen LogP contribution in [-0.4, -0.2) is 57.9 Å². The van der Waals surface area contributed by atoms with E-state index in [9.17, 15) is 20.1 Å². The highest BCUT2D eigenvalue weighted by atomic mass is 16.6. The fourth-order valence-corrected chi connectivity index (χ4v) is 3.65. The van der Waals surface area contributed by atoms with Crippen LogP contribution in [0.3, 0.4) is 0 Å². The fourth-order valence-electron chi connectivity index (χ4n) is 3.65. The highest BCUT2D eigenvalue weighted by molar-refractivity contribution is 5.69. The van der Waals surface area contributed by atoms with E-state index in [4.69, 9.17) is 9.47 Å². The summed E-state index contributed by atoms with van der Waals surface area (Å²) in [4.78, 5) is 12.5. The third kappa shape index (κ3) is 9.52. The molecule has 1 fully saturated rings. The second-order valence-electron chi connectivity index (χ2n) is 8.76. The van der Waals surface area contributed by atoms with E-state index in [1.807, 2.05) is 26.8 Å². The predicted octanol–water partition coefficient (Wildman–Crippen LogP) is 3.23. The number of hydrogen-bond acceptors (Lipinski definition) is 6. The van der Waals surface area contributed by atoms with Crippen LogP contribution in [0.25, 0.3) is 0 Å². The molecule has 3 N–H and O–H groups in total. The molecule has 0 aromatic carbocycles. The lowest BCUT2D eigenvalue weighted by atomic mass is 9.96. The average molecular weight is 435 g/mol. The largest absolute Gasteiger partial charge is 0.459 e. The molecule has 8 atom stereocenters.